The zero-order valence-electron chi connectivity index (χ0n) is 35.9. The van der Waals surface area contributed by atoms with Gasteiger partial charge in [0.1, 0.15) is 16.9 Å². The van der Waals surface area contributed by atoms with Crippen molar-refractivity contribution in [2.45, 2.75) is 117 Å². The van der Waals surface area contributed by atoms with Gasteiger partial charge in [0.2, 0.25) is 0 Å². The van der Waals surface area contributed by atoms with E-state index in [0.717, 1.165) is 57.0 Å². The third-order valence-electron chi connectivity index (χ3n) is 10.6. The fourth-order valence-corrected chi connectivity index (χ4v) is 10.9. The second-order valence-electron chi connectivity index (χ2n) is 19.2. The Morgan fingerprint density at radius 1 is 0.571 bits per heavy atom. The van der Waals surface area contributed by atoms with E-state index in [-0.39, 0.29) is 27.8 Å². The first-order chi connectivity index (χ1) is 26.3. The molecule has 0 fully saturated rings. The smallest absolute Gasteiger partial charge is 0.388 e. The molecule has 0 radical (unpaired) electrons. The number of fused-ring (bicyclic) bond motifs is 3. The summed E-state index contributed by atoms with van der Waals surface area (Å²) in [5, 5.41) is 4.68. The topological polar surface area (TPSA) is 44.7 Å². The second kappa shape index (κ2) is 16.2. The van der Waals surface area contributed by atoms with E-state index >= 15 is 0 Å². The van der Waals surface area contributed by atoms with Gasteiger partial charge >= 0.3 is 8.24 Å². The molecule has 2 atom stereocenters. The van der Waals surface area contributed by atoms with Gasteiger partial charge in [0.15, 0.2) is 0 Å². The van der Waals surface area contributed by atoms with Gasteiger partial charge in [-0.2, -0.15) is 0 Å². The standard InChI is InChI=1S/C50H62O4P2/c1-47(2,3)35-30-38-39-31-36(48(4,5)6)33-41(50(10,11)12)46(39)54-56(53-45(38)40(32-35)49(7,8)9)52-42(34-22-16-14-17-23-34)28-29-55(37-24-18-15-19-25-37)44-27-21-20-26-43(44)51-13/h14-27,30-33,42H,28-29H2,1-13H3/t42-,55?/m0/s1. The Morgan fingerprint density at radius 3 is 1.50 bits per heavy atom. The molecular weight excluding hydrogens is 726 g/mol. The fourth-order valence-electron chi connectivity index (χ4n) is 7.19. The van der Waals surface area contributed by atoms with Crippen molar-refractivity contribution in [3.8, 4) is 5.75 Å². The van der Waals surface area contributed by atoms with E-state index in [2.05, 4.69) is 186 Å². The summed E-state index contributed by atoms with van der Waals surface area (Å²) in [6, 6.07) is 39.3. The number of rotatable bonds is 9. The maximum Gasteiger partial charge on any atom is 0.388 e. The highest BCUT2D eigenvalue weighted by Crippen LogP contribution is 2.47. The van der Waals surface area contributed by atoms with Gasteiger partial charge in [-0.15, -0.1) is 0 Å². The summed E-state index contributed by atoms with van der Waals surface area (Å²) in [7, 11) is -0.904. The summed E-state index contributed by atoms with van der Waals surface area (Å²) in [6.45, 7) is 27.4. The Bertz CT molecular complexity index is 2220. The van der Waals surface area contributed by atoms with E-state index in [9.17, 15) is 0 Å². The average molecular weight is 789 g/mol. The normalized spacial score (nSPS) is 13.9. The second-order valence-corrected chi connectivity index (χ2v) is 22.5. The highest BCUT2D eigenvalue weighted by Gasteiger charge is 2.30. The SMILES string of the molecule is COc1ccccc1P(CC[C@H](Op1oc2c(C(C)(C)C)cc(C(C)(C)C)cc2c2cc(C(C)(C)C)cc(C(C)(C)C)c2o1)c1ccccc1)c1ccccc1. The Labute approximate surface area is 338 Å². The van der Waals surface area contributed by atoms with E-state index in [1.54, 1.807) is 7.11 Å². The number of benzene rings is 5. The van der Waals surface area contributed by atoms with Crippen LogP contribution in [0, 0.1) is 0 Å². The molecule has 6 aromatic rings. The van der Waals surface area contributed by atoms with Crippen LogP contribution in [-0.2, 0) is 21.7 Å². The summed E-state index contributed by atoms with van der Waals surface area (Å²) in [4.78, 5) is 0. The van der Waals surface area contributed by atoms with Gasteiger partial charge < -0.3 is 13.1 Å². The third kappa shape index (κ3) is 9.31. The third-order valence-corrected chi connectivity index (χ3v) is 14.3. The van der Waals surface area contributed by atoms with Gasteiger partial charge in [-0.25, -0.2) is 0 Å². The largest absolute Gasteiger partial charge is 0.496 e. The minimum absolute atomic E-state index is 0.0744. The van der Waals surface area contributed by atoms with E-state index in [1.807, 2.05) is 6.07 Å². The van der Waals surface area contributed by atoms with Gasteiger partial charge in [-0.3, -0.25) is 4.52 Å². The quantitative estimate of drug-likeness (QED) is 0.137. The van der Waals surface area contributed by atoms with Crippen molar-refractivity contribution in [2.75, 3.05) is 13.3 Å². The average Bonchev–Trinajstić information content (AvgIpc) is 3.29. The molecule has 0 aliphatic rings. The number of hydrogen-bond donors (Lipinski definition) is 0. The summed E-state index contributed by atoms with van der Waals surface area (Å²) in [5.41, 5.74) is 7.12. The summed E-state index contributed by atoms with van der Waals surface area (Å²) in [5.74, 6) is 0.918. The molecule has 0 aliphatic heterocycles. The van der Waals surface area contributed by atoms with Gasteiger partial charge in [-0.1, -0.05) is 174 Å². The minimum Gasteiger partial charge on any atom is -0.496 e. The van der Waals surface area contributed by atoms with Crippen molar-refractivity contribution in [1.29, 1.82) is 0 Å². The maximum absolute atomic E-state index is 7.28. The molecule has 1 heterocycles. The van der Waals surface area contributed by atoms with Crippen molar-refractivity contribution in [3.05, 3.63) is 137 Å². The van der Waals surface area contributed by atoms with E-state index in [1.165, 1.54) is 21.7 Å². The predicted octanol–water partition coefficient (Wildman–Crippen LogP) is 14.2. The lowest BCUT2D eigenvalue weighted by atomic mass is 9.77. The first-order valence-electron chi connectivity index (χ1n) is 20.0. The summed E-state index contributed by atoms with van der Waals surface area (Å²) >= 11 is 0. The maximum atomic E-state index is 7.28. The molecule has 0 saturated carbocycles. The lowest BCUT2D eigenvalue weighted by Gasteiger charge is -2.27. The van der Waals surface area contributed by atoms with E-state index < -0.39 is 16.2 Å². The van der Waals surface area contributed by atoms with Crippen LogP contribution in [-0.4, -0.2) is 13.3 Å². The molecule has 0 amide bonds. The number of methoxy groups -OCH3 is 1. The van der Waals surface area contributed by atoms with Gasteiger partial charge in [0.05, 0.1) is 13.2 Å². The van der Waals surface area contributed by atoms with Crippen molar-refractivity contribution < 1.29 is 17.7 Å². The van der Waals surface area contributed by atoms with Crippen LogP contribution < -0.4 is 19.9 Å². The Morgan fingerprint density at radius 2 is 1.04 bits per heavy atom. The number of para-hydroxylation sites is 1. The lowest BCUT2D eigenvalue weighted by Crippen LogP contribution is -2.18. The molecule has 4 nitrogen and oxygen atoms in total. The molecule has 56 heavy (non-hydrogen) atoms. The Balaban J connectivity index is 1.62. The van der Waals surface area contributed by atoms with Crippen molar-refractivity contribution in [1.82, 2.24) is 0 Å². The molecule has 1 aromatic heterocycles. The minimum atomic E-state index is -1.90. The van der Waals surface area contributed by atoms with Crippen LogP contribution in [0.1, 0.15) is 123 Å². The van der Waals surface area contributed by atoms with Crippen molar-refractivity contribution in [2.24, 2.45) is 0 Å². The summed E-state index contributed by atoms with van der Waals surface area (Å²) in [6.07, 6.45) is 1.37. The highest BCUT2D eigenvalue weighted by atomic mass is 31.1. The van der Waals surface area contributed by atoms with Crippen LogP contribution in [0.4, 0.5) is 0 Å². The van der Waals surface area contributed by atoms with Crippen molar-refractivity contribution >= 4 is 48.7 Å². The molecule has 6 rings (SSSR count). The van der Waals surface area contributed by atoms with E-state index in [4.69, 9.17) is 17.7 Å². The molecule has 1 unspecified atom stereocenters. The zero-order valence-corrected chi connectivity index (χ0v) is 37.7. The predicted molar refractivity (Wildman–Crippen MR) is 242 cm³/mol. The van der Waals surface area contributed by atoms with Gasteiger partial charge in [0.25, 0.3) is 0 Å². The molecule has 6 heteroatoms. The Hall–Kier alpha value is -3.81. The molecule has 0 saturated heterocycles. The first-order valence-corrected chi connectivity index (χ1v) is 22.6. The first kappa shape index (κ1) is 41.8. The van der Waals surface area contributed by atoms with Crippen LogP contribution in [0.2, 0.25) is 0 Å². The molecule has 0 N–H and O–H groups in total. The summed E-state index contributed by atoms with van der Waals surface area (Å²) < 4.78 is 27.7. The molecule has 0 spiro atoms. The van der Waals surface area contributed by atoms with Crippen LogP contribution in [0.25, 0.3) is 21.9 Å². The van der Waals surface area contributed by atoms with E-state index in [0.29, 0.717) is 0 Å². The van der Waals surface area contributed by atoms with Crippen LogP contribution in [0.5, 0.6) is 5.75 Å². The van der Waals surface area contributed by atoms with Gasteiger partial charge in [0, 0.05) is 27.2 Å². The Kier molecular flexibility index (Phi) is 12.1. The molecule has 5 aromatic carbocycles. The fraction of sp³-hybridized carbons (Fsp3) is 0.400. The van der Waals surface area contributed by atoms with Gasteiger partial charge in [-0.05, 0) is 82.4 Å². The molecule has 296 valence electrons. The lowest BCUT2D eigenvalue weighted by molar-refractivity contribution is 0.258. The molecular formula is C50H62O4P2. The molecule has 0 bridgehead atoms. The van der Waals surface area contributed by atoms with Crippen molar-refractivity contribution in [3.63, 3.8) is 0 Å². The van der Waals surface area contributed by atoms with Crippen LogP contribution in [0.15, 0.2) is 118 Å². The van der Waals surface area contributed by atoms with Crippen LogP contribution >= 0.6 is 16.2 Å². The molecule has 0 aliphatic carbocycles. The van der Waals surface area contributed by atoms with Crippen LogP contribution in [0.3, 0.4) is 0 Å². The zero-order chi connectivity index (χ0) is 40.6. The monoisotopic (exact) mass is 788 g/mol. The highest BCUT2D eigenvalue weighted by molar-refractivity contribution is 7.73. The number of ether oxygens (including phenoxy) is 1. The number of hydrogen-bond acceptors (Lipinski definition) is 4.